The molecule has 0 rings (SSSR count). The summed E-state index contributed by atoms with van der Waals surface area (Å²) in [6.07, 6.45) is 78.1. The molecule has 3 unspecified atom stereocenters. The average molecular weight is 987 g/mol. The van der Waals surface area contributed by atoms with Gasteiger partial charge in [-0.2, -0.15) is 0 Å². The number of allylic oxidation sites excluding steroid dienone is 4. The second kappa shape index (κ2) is 60.4. The van der Waals surface area contributed by atoms with Gasteiger partial charge in [0, 0.05) is 6.42 Å². The molecule has 1 amide bonds. The topological polar surface area (TPSA) is 89.8 Å². The van der Waals surface area contributed by atoms with E-state index in [4.69, 9.17) is 0 Å². The SMILES string of the molecule is CCCCCCCCCCCCCCCC/C=C\CCCCCCCCCCCCCCCCCCCC(=O)NC(CO)C(O)C(O)CCC/C=C/CCCCCCCCCCCCCCCCCC. The molecule has 0 fully saturated rings. The van der Waals surface area contributed by atoms with E-state index >= 15 is 0 Å². The zero-order valence-corrected chi connectivity index (χ0v) is 47.7. The minimum absolute atomic E-state index is 0.147. The van der Waals surface area contributed by atoms with Crippen molar-refractivity contribution in [3.63, 3.8) is 0 Å². The van der Waals surface area contributed by atoms with Gasteiger partial charge in [0.2, 0.25) is 5.91 Å². The summed E-state index contributed by atoms with van der Waals surface area (Å²) in [7, 11) is 0. The van der Waals surface area contributed by atoms with Gasteiger partial charge in [0.15, 0.2) is 0 Å². The van der Waals surface area contributed by atoms with Gasteiger partial charge in [-0.25, -0.2) is 0 Å². The summed E-state index contributed by atoms with van der Waals surface area (Å²) in [4.78, 5) is 12.5. The molecule has 0 aromatic carbocycles. The minimum Gasteiger partial charge on any atom is -0.394 e. The zero-order chi connectivity index (χ0) is 50.7. The number of amides is 1. The van der Waals surface area contributed by atoms with E-state index in [0.717, 1.165) is 38.5 Å². The van der Waals surface area contributed by atoms with Crippen molar-refractivity contribution in [3.05, 3.63) is 24.3 Å². The molecule has 4 N–H and O–H groups in total. The third-order valence-corrected chi connectivity index (χ3v) is 15.3. The number of carbonyl (C=O) groups excluding carboxylic acids is 1. The maximum atomic E-state index is 12.5. The van der Waals surface area contributed by atoms with Crippen molar-refractivity contribution in [3.8, 4) is 0 Å². The van der Waals surface area contributed by atoms with E-state index in [1.807, 2.05) is 0 Å². The van der Waals surface area contributed by atoms with Gasteiger partial charge in [-0.1, -0.05) is 314 Å². The summed E-state index contributed by atoms with van der Waals surface area (Å²) in [5.74, 6) is -0.147. The van der Waals surface area contributed by atoms with E-state index in [0.29, 0.717) is 12.8 Å². The smallest absolute Gasteiger partial charge is 0.220 e. The summed E-state index contributed by atoms with van der Waals surface area (Å²) in [5.41, 5.74) is 0. The maximum Gasteiger partial charge on any atom is 0.220 e. The van der Waals surface area contributed by atoms with Crippen molar-refractivity contribution >= 4 is 5.91 Å². The lowest BCUT2D eigenvalue weighted by atomic mass is 10.0. The number of aliphatic hydroxyl groups excluding tert-OH is 3. The first-order valence-electron chi connectivity index (χ1n) is 32.1. The fourth-order valence-electron chi connectivity index (χ4n) is 10.3. The Labute approximate surface area is 439 Å². The number of unbranched alkanes of at least 4 members (excludes halogenated alkanes) is 48. The van der Waals surface area contributed by atoms with Gasteiger partial charge in [0.25, 0.3) is 0 Å². The number of nitrogens with one attached hydrogen (secondary N) is 1. The second-order valence-electron chi connectivity index (χ2n) is 22.3. The van der Waals surface area contributed by atoms with Crippen LogP contribution in [-0.2, 0) is 4.79 Å². The molecular formula is C65H127NO4. The van der Waals surface area contributed by atoms with Gasteiger partial charge in [0.05, 0.1) is 18.8 Å². The molecular weight excluding hydrogens is 859 g/mol. The molecule has 0 aromatic rings. The Kier molecular flexibility index (Phi) is 59.4. The molecule has 0 saturated heterocycles. The standard InChI is InChI=1S/C65H127NO4/c1-3-5-7-9-11-13-15-17-19-21-23-25-26-27-28-29-30-31-32-33-34-35-36-37-38-40-42-44-46-48-50-52-54-56-58-60-64(69)66-62(61-67)65(70)63(68)59-57-55-53-51-49-47-45-43-41-39-24-22-20-18-16-14-12-10-8-6-4-2/h29-30,51,53,62-63,65,67-68,70H,3-28,31-50,52,54-61H2,1-2H3,(H,66,69)/b30-29-,53-51+. The van der Waals surface area contributed by atoms with Crippen LogP contribution in [0.25, 0.3) is 0 Å². The van der Waals surface area contributed by atoms with Gasteiger partial charge in [-0.3, -0.25) is 4.79 Å². The van der Waals surface area contributed by atoms with Crippen LogP contribution in [0.2, 0.25) is 0 Å². The third-order valence-electron chi connectivity index (χ3n) is 15.3. The zero-order valence-electron chi connectivity index (χ0n) is 47.7. The lowest BCUT2D eigenvalue weighted by Crippen LogP contribution is -2.50. The summed E-state index contributed by atoms with van der Waals surface area (Å²) >= 11 is 0. The predicted octanol–water partition coefficient (Wildman–Crippen LogP) is 20.4. The summed E-state index contributed by atoms with van der Waals surface area (Å²) in [5, 5.41) is 33.8. The fraction of sp³-hybridized carbons (Fsp3) is 0.923. The minimum atomic E-state index is -1.16. The van der Waals surface area contributed by atoms with E-state index in [2.05, 4.69) is 43.5 Å². The molecule has 0 heterocycles. The molecule has 416 valence electrons. The van der Waals surface area contributed by atoms with Crippen molar-refractivity contribution < 1.29 is 20.1 Å². The first-order valence-corrected chi connectivity index (χ1v) is 32.1. The molecule has 0 aliphatic rings. The Hall–Kier alpha value is -1.17. The Morgan fingerprint density at radius 1 is 0.343 bits per heavy atom. The highest BCUT2D eigenvalue weighted by molar-refractivity contribution is 5.76. The highest BCUT2D eigenvalue weighted by Gasteiger charge is 2.26. The number of hydrogen-bond donors (Lipinski definition) is 4. The fourth-order valence-corrected chi connectivity index (χ4v) is 10.3. The lowest BCUT2D eigenvalue weighted by molar-refractivity contribution is -0.124. The molecule has 0 bridgehead atoms. The monoisotopic (exact) mass is 986 g/mol. The van der Waals surface area contributed by atoms with Gasteiger partial charge in [0.1, 0.15) is 6.10 Å². The Bertz CT molecular complexity index is 1040. The summed E-state index contributed by atoms with van der Waals surface area (Å²) in [6.45, 7) is 4.22. The molecule has 5 nitrogen and oxygen atoms in total. The van der Waals surface area contributed by atoms with Crippen LogP contribution in [0, 0.1) is 0 Å². The molecule has 0 aromatic heterocycles. The lowest BCUT2D eigenvalue weighted by Gasteiger charge is -2.26. The van der Waals surface area contributed by atoms with Crippen LogP contribution in [0.1, 0.15) is 361 Å². The van der Waals surface area contributed by atoms with E-state index in [1.54, 1.807) is 0 Å². The van der Waals surface area contributed by atoms with Crippen LogP contribution < -0.4 is 5.32 Å². The van der Waals surface area contributed by atoms with Gasteiger partial charge in [-0.05, 0) is 64.2 Å². The number of rotatable bonds is 60. The average Bonchev–Trinajstić information content (AvgIpc) is 3.36. The van der Waals surface area contributed by atoms with Crippen LogP contribution in [0.15, 0.2) is 24.3 Å². The van der Waals surface area contributed by atoms with Crippen molar-refractivity contribution in [2.75, 3.05) is 6.61 Å². The highest BCUT2D eigenvalue weighted by atomic mass is 16.3. The molecule has 5 heteroatoms. The van der Waals surface area contributed by atoms with Crippen LogP contribution in [0.4, 0.5) is 0 Å². The highest BCUT2D eigenvalue weighted by Crippen LogP contribution is 2.18. The Balaban J connectivity index is 3.48. The second-order valence-corrected chi connectivity index (χ2v) is 22.3. The van der Waals surface area contributed by atoms with Crippen LogP contribution in [-0.4, -0.2) is 46.1 Å². The normalized spacial score (nSPS) is 13.3. The largest absolute Gasteiger partial charge is 0.394 e. The Morgan fingerprint density at radius 2 is 0.571 bits per heavy atom. The number of carbonyl (C=O) groups is 1. The Morgan fingerprint density at radius 3 is 0.829 bits per heavy atom. The molecule has 70 heavy (non-hydrogen) atoms. The first kappa shape index (κ1) is 68.8. The van der Waals surface area contributed by atoms with E-state index in [-0.39, 0.29) is 12.5 Å². The predicted molar refractivity (Wildman–Crippen MR) is 310 cm³/mol. The molecule has 0 radical (unpaired) electrons. The maximum absolute atomic E-state index is 12.5. The van der Waals surface area contributed by atoms with E-state index < -0.39 is 18.2 Å². The van der Waals surface area contributed by atoms with Gasteiger partial charge < -0.3 is 20.6 Å². The third kappa shape index (κ3) is 54.6. The van der Waals surface area contributed by atoms with Crippen LogP contribution in [0.5, 0.6) is 0 Å². The molecule has 3 atom stereocenters. The van der Waals surface area contributed by atoms with E-state index in [9.17, 15) is 20.1 Å². The molecule has 0 spiro atoms. The van der Waals surface area contributed by atoms with Crippen molar-refractivity contribution in [1.82, 2.24) is 5.32 Å². The molecule has 0 saturated carbocycles. The number of aliphatic hydroxyl groups is 3. The van der Waals surface area contributed by atoms with Gasteiger partial charge >= 0.3 is 0 Å². The number of hydrogen-bond acceptors (Lipinski definition) is 4. The first-order chi connectivity index (χ1) is 34.6. The van der Waals surface area contributed by atoms with Crippen LogP contribution >= 0.6 is 0 Å². The van der Waals surface area contributed by atoms with Crippen molar-refractivity contribution in [2.45, 2.75) is 379 Å². The van der Waals surface area contributed by atoms with Crippen molar-refractivity contribution in [2.24, 2.45) is 0 Å². The van der Waals surface area contributed by atoms with E-state index in [1.165, 1.54) is 295 Å². The quantitative estimate of drug-likeness (QED) is 0.0361. The summed E-state index contributed by atoms with van der Waals surface area (Å²) < 4.78 is 0. The van der Waals surface area contributed by atoms with Crippen molar-refractivity contribution in [1.29, 1.82) is 0 Å². The van der Waals surface area contributed by atoms with Crippen LogP contribution in [0.3, 0.4) is 0 Å². The summed E-state index contributed by atoms with van der Waals surface area (Å²) in [6, 6.07) is -0.825. The van der Waals surface area contributed by atoms with Gasteiger partial charge in [-0.15, -0.1) is 0 Å². The molecule has 0 aliphatic carbocycles. The molecule has 0 aliphatic heterocycles.